The molecule has 44 heavy (non-hydrogen) atoms. The van der Waals surface area contributed by atoms with Crippen molar-refractivity contribution in [2.75, 3.05) is 24.7 Å². The smallest absolute Gasteiger partial charge is 0.325 e. The van der Waals surface area contributed by atoms with Crippen molar-refractivity contribution >= 4 is 71.0 Å². The number of alkyl halides is 1. The fourth-order valence-corrected chi connectivity index (χ4v) is 8.24. The number of pyridine rings is 1. The number of ether oxygens (including phenoxy) is 2. The second-order valence-corrected chi connectivity index (χ2v) is 15.7. The van der Waals surface area contributed by atoms with Crippen LogP contribution in [0, 0.1) is 0 Å². The fraction of sp³-hybridized carbons (Fsp3) is 0.476. The summed E-state index contributed by atoms with van der Waals surface area (Å²) in [5.74, 6) is -0.158. The van der Waals surface area contributed by atoms with Crippen molar-refractivity contribution in [1.29, 1.82) is 0 Å². The molecule has 7 rings (SSSR count). The van der Waals surface area contributed by atoms with Crippen LogP contribution in [0.1, 0.15) is 18.9 Å². The number of fused-ring (bicyclic) bond motifs is 5. The molecule has 0 aliphatic carbocycles. The van der Waals surface area contributed by atoms with Gasteiger partial charge in [0.25, 0.3) is 5.56 Å². The Kier molecular flexibility index (Phi) is 7.59. The van der Waals surface area contributed by atoms with E-state index in [1.165, 1.54) is 28.0 Å². The van der Waals surface area contributed by atoms with Gasteiger partial charge in [-0.15, -0.1) is 0 Å². The third kappa shape index (κ3) is 5.46. The van der Waals surface area contributed by atoms with Gasteiger partial charge in [0.05, 0.1) is 37.7 Å². The summed E-state index contributed by atoms with van der Waals surface area (Å²) in [5.41, 5.74) is 12.1. The number of nitrogens with two attached hydrogens (primary N) is 2. The van der Waals surface area contributed by atoms with Crippen LogP contribution >= 0.6 is 13.4 Å². The summed E-state index contributed by atoms with van der Waals surface area (Å²) in [5, 5.41) is 0. The Hall–Kier alpha value is -2.52. The lowest BCUT2D eigenvalue weighted by atomic mass is 10.1. The number of nitrogens with one attached hydrogen (secondary N) is 1. The Morgan fingerprint density at radius 1 is 0.955 bits per heavy atom. The van der Waals surface area contributed by atoms with Crippen molar-refractivity contribution in [3.63, 3.8) is 0 Å². The van der Waals surface area contributed by atoms with Gasteiger partial charge in [-0.05, 0) is 29.7 Å². The SMILES string of the molecule is Nc1nc2c(ncn2[C@@H]2O[C@@H]3COP(O)(=S)O[C@H]4[C@@H](F)[C@H](n5cnc6c(N)ccnc65)O[C@@H]4COP(O)(=S)O[C@@H]2C3)c(=O)[nH]1. The maximum atomic E-state index is 16.0. The first-order valence-corrected chi connectivity index (χ1v) is 18.1. The summed E-state index contributed by atoms with van der Waals surface area (Å²) < 4.78 is 53.4. The van der Waals surface area contributed by atoms with Crippen LogP contribution in [0.2, 0.25) is 0 Å². The molecule has 3 aliphatic heterocycles. The van der Waals surface area contributed by atoms with Crippen molar-refractivity contribution < 1.29 is 41.7 Å². The summed E-state index contributed by atoms with van der Waals surface area (Å²) in [7, 11) is 0. The Bertz CT molecular complexity index is 1910. The molecular formula is C21H24FN9O9P2S2. The Morgan fingerprint density at radius 2 is 1.66 bits per heavy atom. The lowest BCUT2D eigenvalue weighted by Crippen LogP contribution is -2.34. The van der Waals surface area contributed by atoms with Crippen molar-refractivity contribution in [1.82, 2.24) is 34.1 Å². The van der Waals surface area contributed by atoms with E-state index < -0.39 is 68.6 Å². The number of halogens is 1. The van der Waals surface area contributed by atoms with Crippen molar-refractivity contribution in [3.05, 3.63) is 35.3 Å². The number of hydrogen-bond acceptors (Lipinski definition) is 15. The Balaban J connectivity index is 1.19. The minimum absolute atomic E-state index is 0.0158. The largest absolute Gasteiger partial charge is 0.397 e. The summed E-state index contributed by atoms with van der Waals surface area (Å²) in [6.45, 7) is -9.00. The van der Waals surface area contributed by atoms with Crippen LogP contribution in [0.4, 0.5) is 16.0 Å². The van der Waals surface area contributed by atoms with Gasteiger partial charge >= 0.3 is 13.4 Å². The zero-order chi connectivity index (χ0) is 31.0. The standard InChI is InChI=1S/C21H24FN9O9P2S2/c22-12-15-11(38-20(12)30-6-26-13-9(23)1-2-25-16(13)30)5-36-41(33,43)39-10-3-8(4-35-42(34,44)40-15)37-19(10)31-7-27-14-17(31)28-21(24)29-18(14)32/h1-2,6-8,10-12,15,19-20H,3-5H2,(H2,23,25)(H,33,43)(H,34,44)(H3,24,28,29,32)/t8-,10+,11+,12+,15+,19+,20+,41?,42?/m0/s1. The molecule has 0 amide bonds. The molecule has 7 heterocycles. The molecule has 3 fully saturated rings. The second kappa shape index (κ2) is 11.1. The van der Waals surface area contributed by atoms with Gasteiger partial charge in [0.2, 0.25) is 5.95 Å². The van der Waals surface area contributed by atoms with Crippen molar-refractivity contribution in [2.24, 2.45) is 0 Å². The Morgan fingerprint density at radius 3 is 2.45 bits per heavy atom. The Labute approximate surface area is 255 Å². The first-order valence-electron chi connectivity index (χ1n) is 12.9. The predicted octanol–water partition coefficient (Wildman–Crippen LogP) is 0.503. The molecule has 18 nitrogen and oxygen atoms in total. The second-order valence-electron chi connectivity index (χ2n) is 10.1. The van der Waals surface area contributed by atoms with Gasteiger partial charge in [-0.2, -0.15) is 4.98 Å². The number of nitrogen functional groups attached to an aromatic ring is 2. The molecule has 4 aromatic rings. The van der Waals surface area contributed by atoms with Crippen LogP contribution in [0.3, 0.4) is 0 Å². The van der Waals surface area contributed by atoms with Gasteiger partial charge in [0.1, 0.15) is 23.8 Å². The van der Waals surface area contributed by atoms with Gasteiger partial charge in [-0.25, -0.2) is 19.3 Å². The van der Waals surface area contributed by atoms with E-state index >= 15 is 4.39 Å². The lowest BCUT2D eigenvalue weighted by molar-refractivity contribution is -0.0597. The molecule has 7 N–H and O–H groups in total. The molecule has 23 heteroatoms. The van der Waals surface area contributed by atoms with E-state index in [2.05, 4.69) is 24.9 Å². The minimum Gasteiger partial charge on any atom is -0.397 e. The minimum atomic E-state index is -4.11. The van der Waals surface area contributed by atoms with Gasteiger partial charge in [0.15, 0.2) is 35.4 Å². The molecule has 2 bridgehead atoms. The highest BCUT2D eigenvalue weighted by Crippen LogP contribution is 2.54. The summed E-state index contributed by atoms with van der Waals surface area (Å²) in [6.07, 6.45) is -4.75. The molecule has 4 aromatic heterocycles. The van der Waals surface area contributed by atoms with E-state index in [0.29, 0.717) is 11.2 Å². The topological polar surface area (TPSA) is 242 Å². The molecule has 3 saturated heterocycles. The molecule has 9 atom stereocenters. The number of aromatic amines is 1. The van der Waals surface area contributed by atoms with Crippen LogP contribution in [0.5, 0.6) is 0 Å². The van der Waals surface area contributed by atoms with Crippen LogP contribution in [-0.4, -0.2) is 87.6 Å². The average molecular weight is 692 g/mol. The third-order valence-electron chi connectivity index (χ3n) is 7.25. The molecule has 2 unspecified atom stereocenters. The van der Waals surface area contributed by atoms with Crippen molar-refractivity contribution in [2.45, 2.75) is 49.5 Å². The van der Waals surface area contributed by atoms with E-state index in [4.69, 9.17) is 62.6 Å². The van der Waals surface area contributed by atoms with E-state index in [1.807, 2.05) is 0 Å². The van der Waals surface area contributed by atoms with Crippen LogP contribution < -0.4 is 17.0 Å². The van der Waals surface area contributed by atoms with E-state index in [1.54, 1.807) is 6.07 Å². The molecule has 3 aliphatic rings. The molecule has 0 spiro atoms. The number of rotatable bonds is 2. The monoisotopic (exact) mass is 691 g/mol. The van der Waals surface area contributed by atoms with Gasteiger partial charge in [-0.1, -0.05) is 0 Å². The third-order valence-corrected chi connectivity index (χ3v) is 10.4. The number of nitrogens with zero attached hydrogens (tertiary/aromatic N) is 6. The summed E-state index contributed by atoms with van der Waals surface area (Å²) >= 11 is 10.5. The normalized spacial score (nSPS) is 36.6. The average Bonchev–Trinajstić information content (AvgIpc) is 3.72. The summed E-state index contributed by atoms with van der Waals surface area (Å²) in [4.78, 5) is 53.3. The number of H-pyrrole nitrogens is 1. The quantitative estimate of drug-likeness (QED) is 0.180. The molecule has 236 valence electrons. The maximum absolute atomic E-state index is 16.0. The van der Waals surface area contributed by atoms with Gasteiger partial charge in [-0.3, -0.25) is 23.4 Å². The highest BCUT2D eigenvalue weighted by atomic mass is 32.5. The maximum Gasteiger partial charge on any atom is 0.325 e. The van der Waals surface area contributed by atoms with Crippen molar-refractivity contribution in [3.8, 4) is 0 Å². The zero-order valence-electron chi connectivity index (χ0n) is 22.2. The first kappa shape index (κ1) is 30.2. The van der Waals surface area contributed by atoms with Gasteiger partial charge < -0.3 is 44.3 Å². The van der Waals surface area contributed by atoms with Gasteiger partial charge in [0, 0.05) is 12.6 Å². The summed E-state index contributed by atoms with van der Waals surface area (Å²) in [6, 6.07) is 1.55. The van der Waals surface area contributed by atoms with E-state index in [0.717, 1.165) is 0 Å². The molecular weight excluding hydrogens is 667 g/mol. The van der Waals surface area contributed by atoms with Crippen LogP contribution in [0.25, 0.3) is 22.3 Å². The number of imidazole rings is 2. The van der Waals surface area contributed by atoms with Crippen LogP contribution in [-0.2, 0) is 51.2 Å². The van der Waals surface area contributed by atoms with E-state index in [-0.39, 0.29) is 35.8 Å². The highest BCUT2D eigenvalue weighted by Gasteiger charge is 2.51. The molecule has 0 saturated carbocycles. The zero-order valence-corrected chi connectivity index (χ0v) is 25.6. The number of hydrogen-bond donors (Lipinski definition) is 5. The number of anilines is 2. The van der Waals surface area contributed by atoms with Crippen LogP contribution in [0.15, 0.2) is 29.7 Å². The first-order chi connectivity index (χ1) is 20.9. The number of aromatic nitrogens is 7. The molecule has 0 aromatic carbocycles. The molecule has 0 radical (unpaired) electrons. The predicted molar refractivity (Wildman–Crippen MR) is 156 cm³/mol. The van der Waals surface area contributed by atoms with E-state index in [9.17, 15) is 14.6 Å². The highest BCUT2D eigenvalue weighted by molar-refractivity contribution is 8.07. The fourth-order valence-electron chi connectivity index (χ4n) is 5.34. The lowest BCUT2D eigenvalue weighted by Gasteiger charge is -2.27.